The van der Waals surface area contributed by atoms with Crippen molar-refractivity contribution in [2.24, 2.45) is 0 Å². The topological polar surface area (TPSA) is 81.8 Å². The first-order valence-corrected chi connectivity index (χ1v) is 16.3. The number of unbranched alkanes of at least 4 members (excludes halogenated alkanes) is 1. The second-order valence-corrected chi connectivity index (χ2v) is 12.7. The van der Waals surface area contributed by atoms with Gasteiger partial charge in [0.25, 0.3) is 11.5 Å². The summed E-state index contributed by atoms with van der Waals surface area (Å²) in [7, 11) is 1.62. The smallest absolute Gasteiger partial charge is 0.270 e. The van der Waals surface area contributed by atoms with Crippen LogP contribution in [0.25, 0.3) is 6.08 Å². The number of nitrogens with zero attached hydrogens (tertiary/aromatic N) is 5. The molecule has 0 radical (unpaired) electrons. The van der Waals surface area contributed by atoms with E-state index in [-0.39, 0.29) is 22.8 Å². The molecule has 8 nitrogen and oxygen atoms in total. The summed E-state index contributed by atoms with van der Waals surface area (Å²) in [5.41, 5.74) is 3.01. The first-order valence-electron chi connectivity index (χ1n) is 15.1. The molecule has 2 fully saturated rings. The van der Waals surface area contributed by atoms with E-state index < -0.39 is 0 Å². The second kappa shape index (κ2) is 14.3. The van der Waals surface area contributed by atoms with Crippen LogP contribution in [0.1, 0.15) is 42.0 Å². The number of piperazine rings is 1. The highest BCUT2D eigenvalue weighted by Crippen LogP contribution is 2.36. The fourth-order valence-corrected chi connectivity index (χ4v) is 6.98. The first kappa shape index (κ1) is 32.3. The molecule has 1 amide bonds. The van der Waals surface area contributed by atoms with Gasteiger partial charge in [0.1, 0.15) is 33.3 Å². The molecular weight excluding hydrogens is 610 g/mol. The van der Waals surface area contributed by atoms with Crippen LogP contribution < -0.4 is 20.1 Å². The van der Waals surface area contributed by atoms with Gasteiger partial charge in [-0.25, -0.2) is 4.39 Å². The molecule has 45 heavy (non-hydrogen) atoms. The molecule has 2 aromatic carbocycles. The highest BCUT2D eigenvalue weighted by molar-refractivity contribution is 8.26. The number of carbonyl (C=O) groups excluding carboxylic acids is 1. The van der Waals surface area contributed by atoms with Crippen LogP contribution in [0.5, 0.6) is 5.75 Å². The Morgan fingerprint density at radius 2 is 1.69 bits per heavy atom. The first-order chi connectivity index (χ1) is 21.7. The van der Waals surface area contributed by atoms with E-state index in [2.05, 4.69) is 22.8 Å². The molecule has 11 heteroatoms. The largest absolute Gasteiger partial charge is 0.497 e. The van der Waals surface area contributed by atoms with Crippen LogP contribution in [-0.2, 0) is 17.8 Å². The minimum atomic E-state index is -0.316. The van der Waals surface area contributed by atoms with E-state index >= 15 is 0 Å². The average molecular weight is 646 g/mol. The van der Waals surface area contributed by atoms with Gasteiger partial charge in [-0.2, -0.15) is 5.26 Å². The lowest BCUT2D eigenvalue weighted by Gasteiger charge is -2.39. The van der Waals surface area contributed by atoms with Crippen molar-refractivity contribution in [2.75, 3.05) is 49.6 Å². The fourth-order valence-electron chi connectivity index (χ4n) is 5.69. The molecule has 2 aliphatic rings. The van der Waals surface area contributed by atoms with Crippen molar-refractivity contribution in [3.8, 4) is 11.8 Å². The van der Waals surface area contributed by atoms with Gasteiger partial charge >= 0.3 is 0 Å². The maximum atomic E-state index is 13.7. The zero-order valence-corrected chi connectivity index (χ0v) is 27.3. The van der Waals surface area contributed by atoms with Crippen LogP contribution in [0.2, 0.25) is 0 Å². The summed E-state index contributed by atoms with van der Waals surface area (Å²) in [6.45, 7) is 7.28. The SMILES string of the molecule is CCCCn1c(N2CCN(c3ccc(F)cc3)CC2)c(/C=C2/SC(=S)N(CCc3ccc(OC)cc3)C2=O)c(C)c(C#N)c1=O. The Hall–Kier alpha value is -4.14. The number of nitriles is 1. The molecule has 0 bridgehead atoms. The van der Waals surface area contributed by atoms with Crippen molar-refractivity contribution >= 4 is 51.8 Å². The van der Waals surface area contributed by atoms with Crippen molar-refractivity contribution in [2.45, 2.75) is 39.7 Å². The van der Waals surface area contributed by atoms with Gasteiger partial charge in [-0.3, -0.25) is 19.1 Å². The van der Waals surface area contributed by atoms with Gasteiger partial charge in [-0.05, 0) is 73.4 Å². The van der Waals surface area contributed by atoms with Crippen molar-refractivity contribution in [3.05, 3.63) is 91.9 Å². The molecule has 234 valence electrons. The van der Waals surface area contributed by atoms with E-state index in [1.807, 2.05) is 30.3 Å². The Balaban J connectivity index is 1.47. The minimum Gasteiger partial charge on any atom is -0.497 e. The quantitative estimate of drug-likeness (QED) is 0.204. The summed E-state index contributed by atoms with van der Waals surface area (Å²) >= 11 is 6.88. The van der Waals surface area contributed by atoms with Crippen molar-refractivity contribution in [1.82, 2.24) is 9.47 Å². The van der Waals surface area contributed by atoms with Crippen molar-refractivity contribution in [1.29, 1.82) is 5.26 Å². The lowest BCUT2D eigenvalue weighted by molar-refractivity contribution is -0.122. The number of pyridine rings is 1. The lowest BCUT2D eigenvalue weighted by atomic mass is 10.0. The Labute approximate surface area is 272 Å². The fraction of sp³-hybridized carbons (Fsp3) is 0.353. The molecule has 2 saturated heterocycles. The molecule has 3 aromatic rings. The minimum absolute atomic E-state index is 0.0843. The molecule has 0 unspecified atom stereocenters. The summed E-state index contributed by atoms with van der Waals surface area (Å²) in [5.74, 6) is 1.02. The maximum absolute atomic E-state index is 13.7. The van der Waals surface area contributed by atoms with Gasteiger partial charge < -0.3 is 14.5 Å². The summed E-state index contributed by atoms with van der Waals surface area (Å²) in [5, 5.41) is 10.0. The molecule has 0 spiro atoms. The van der Waals surface area contributed by atoms with Crippen LogP contribution in [-0.4, -0.2) is 59.5 Å². The number of amides is 1. The zero-order chi connectivity index (χ0) is 32.1. The normalized spacial score (nSPS) is 16.1. The number of thiocarbonyl (C=S) groups is 1. The van der Waals surface area contributed by atoms with Crippen LogP contribution in [0.15, 0.2) is 58.2 Å². The molecule has 0 aliphatic carbocycles. The number of benzene rings is 2. The highest BCUT2D eigenvalue weighted by Gasteiger charge is 2.33. The number of thioether (sulfide) groups is 1. The standard InChI is InChI=1S/C34H36FN5O3S2/c1-4-5-15-39-31(38-19-17-37(18-20-38)26-10-8-25(35)9-11-26)28(23(2)29(22-36)32(39)41)21-30-33(42)40(34(44)45-30)16-14-24-6-12-27(43-3)13-7-24/h6-13,21H,4-5,14-20H2,1-3H3/b30-21+. The molecule has 0 saturated carbocycles. The summed E-state index contributed by atoms with van der Waals surface area (Å²) in [4.78, 5) is 33.8. The summed E-state index contributed by atoms with van der Waals surface area (Å²) in [6.07, 6.45) is 4.09. The Bertz CT molecular complexity index is 1710. The van der Waals surface area contributed by atoms with E-state index in [1.165, 1.54) is 23.9 Å². The molecule has 0 N–H and O–H groups in total. The Morgan fingerprint density at radius 3 is 2.31 bits per heavy atom. The average Bonchev–Trinajstić information content (AvgIpc) is 3.32. The van der Waals surface area contributed by atoms with Gasteiger partial charge in [0.15, 0.2) is 0 Å². The third kappa shape index (κ3) is 6.92. The summed E-state index contributed by atoms with van der Waals surface area (Å²) in [6, 6.07) is 16.3. The molecule has 5 rings (SSSR count). The molecular formula is C34H36FN5O3S2. The van der Waals surface area contributed by atoms with Gasteiger partial charge in [0.2, 0.25) is 0 Å². The highest BCUT2D eigenvalue weighted by atomic mass is 32.2. The third-order valence-corrected chi connectivity index (χ3v) is 9.66. The van der Waals surface area contributed by atoms with E-state index in [0.29, 0.717) is 71.9 Å². The number of halogens is 1. The van der Waals surface area contributed by atoms with E-state index in [9.17, 15) is 19.2 Å². The number of anilines is 2. The van der Waals surface area contributed by atoms with Gasteiger partial charge in [0, 0.05) is 50.5 Å². The van der Waals surface area contributed by atoms with Crippen LogP contribution in [0.3, 0.4) is 0 Å². The molecule has 3 heterocycles. The number of aromatic nitrogens is 1. The number of carbonyl (C=O) groups is 1. The van der Waals surface area contributed by atoms with Gasteiger partial charge in [-0.15, -0.1) is 0 Å². The Morgan fingerprint density at radius 1 is 1.02 bits per heavy atom. The molecule has 1 aromatic heterocycles. The predicted octanol–water partition coefficient (Wildman–Crippen LogP) is 5.75. The van der Waals surface area contributed by atoms with Crippen LogP contribution in [0, 0.1) is 24.1 Å². The van der Waals surface area contributed by atoms with E-state index in [0.717, 1.165) is 29.8 Å². The summed E-state index contributed by atoms with van der Waals surface area (Å²) < 4.78 is 21.0. The number of methoxy groups -OCH3 is 1. The van der Waals surface area contributed by atoms with Crippen molar-refractivity contribution < 1.29 is 13.9 Å². The Kier molecular flexibility index (Phi) is 10.3. The van der Waals surface area contributed by atoms with Crippen molar-refractivity contribution in [3.63, 3.8) is 0 Å². The molecule has 2 aliphatic heterocycles. The number of hydrogen-bond donors (Lipinski definition) is 0. The van der Waals surface area contributed by atoms with E-state index in [1.54, 1.807) is 35.6 Å². The monoisotopic (exact) mass is 645 g/mol. The maximum Gasteiger partial charge on any atom is 0.270 e. The molecule has 0 atom stereocenters. The number of rotatable bonds is 10. The second-order valence-electron chi connectivity index (χ2n) is 11.0. The van der Waals surface area contributed by atoms with Crippen LogP contribution >= 0.6 is 24.0 Å². The predicted molar refractivity (Wildman–Crippen MR) is 182 cm³/mol. The lowest BCUT2D eigenvalue weighted by Crippen LogP contribution is -2.48. The number of hydrogen-bond acceptors (Lipinski definition) is 8. The number of ether oxygens (including phenoxy) is 1. The van der Waals surface area contributed by atoms with E-state index in [4.69, 9.17) is 17.0 Å². The van der Waals surface area contributed by atoms with Gasteiger partial charge in [-0.1, -0.05) is 49.5 Å². The third-order valence-electron chi connectivity index (χ3n) is 8.28. The zero-order valence-electron chi connectivity index (χ0n) is 25.7. The van der Waals surface area contributed by atoms with Gasteiger partial charge in [0.05, 0.1) is 12.0 Å². The van der Waals surface area contributed by atoms with Crippen LogP contribution in [0.4, 0.5) is 15.9 Å².